The second kappa shape index (κ2) is 8.69. The van der Waals surface area contributed by atoms with E-state index in [9.17, 15) is 9.59 Å². The Hall–Kier alpha value is -3.80. The molecule has 6 heteroatoms. The van der Waals surface area contributed by atoms with Gasteiger partial charge in [0.05, 0.1) is 12.2 Å². The van der Waals surface area contributed by atoms with Gasteiger partial charge in [-0.05, 0) is 35.4 Å². The summed E-state index contributed by atoms with van der Waals surface area (Å²) < 4.78 is 11.5. The van der Waals surface area contributed by atoms with Crippen LogP contribution in [-0.2, 0) is 9.59 Å². The molecule has 0 aliphatic carbocycles. The smallest absolute Gasteiger partial charge is 0.265 e. The lowest BCUT2D eigenvalue weighted by molar-refractivity contribution is -0.128. The van der Waals surface area contributed by atoms with Gasteiger partial charge in [0.15, 0.2) is 12.7 Å². The van der Waals surface area contributed by atoms with Gasteiger partial charge >= 0.3 is 0 Å². The van der Waals surface area contributed by atoms with E-state index in [0.29, 0.717) is 17.2 Å². The zero-order chi connectivity index (χ0) is 20.9. The summed E-state index contributed by atoms with van der Waals surface area (Å²) in [7, 11) is 1.54. The molecule has 30 heavy (non-hydrogen) atoms. The summed E-state index contributed by atoms with van der Waals surface area (Å²) in [6.45, 7) is -0.00862. The molecule has 1 N–H and O–H groups in total. The van der Waals surface area contributed by atoms with Crippen LogP contribution in [0.2, 0.25) is 0 Å². The Balaban J connectivity index is 1.45. The molecule has 1 aliphatic rings. The summed E-state index contributed by atoms with van der Waals surface area (Å²) in [6.07, 6.45) is -0.765. The molecule has 0 bridgehead atoms. The van der Waals surface area contributed by atoms with Crippen LogP contribution in [0, 0.1) is 0 Å². The molecule has 4 rings (SSSR count). The fourth-order valence-electron chi connectivity index (χ4n) is 3.37. The Bertz CT molecular complexity index is 1030. The molecule has 0 fully saturated rings. The number of hydrogen-bond donors (Lipinski definition) is 1. The van der Waals surface area contributed by atoms with E-state index in [4.69, 9.17) is 9.47 Å². The van der Waals surface area contributed by atoms with Crippen molar-refractivity contribution in [2.75, 3.05) is 25.1 Å². The fraction of sp³-hybridized carbons (Fsp3) is 0.167. The van der Waals surface area contributed by atoms with Crippen LogP contribution in [-0.4, -0.2) is 38.1 Å². The van der Waals surface area contributed by atoms with Crippen molar-refractivity contribution in [1.82, 2.24) is 5.32 Å². The highest BCUT2D eigenvalue weighted by molar-refractivity contribution is 5.98. The molecule has 0 aromatic heterocycles. The highest BCUT2D eigenvalue weighted by atomic mass is 16.5. The number of para-hydroxylation sites is 2. The Labute approximate surface area is 175 Å². The van der Waals surface area contributed by atoms with Gasteiger partial charge in [0.1, 0.15) is 11.5 Å². The highest BCUT2D eigenvalue weighted by Gasteiger charge is 2.33. The SMILES string of the molecule is CNC(=O)[C@@H]1CN(C(=O)COc2ccc(-c3ccccc3)cc2)c2ccccc2O1. The molecule has 2 amide bonds. The van der Waals surface area contributed by atoms with Crippen molar-refractivity contribution in [3.8, 4) is 22.6 Å². The average Bonchev–Trinajstić information content (AvgIpc) is 2.82. The van der Waals surface area contributed by atoms with Crippen LogP contribution in [0.1, 0.15) is 0 Å². The van der Waals surface area contributed by atoms with Crippen molar-refractivity contribution in [1.29, 1.82) is 0 Å². The summed E-state index contributed by atoms with van der Waals surface area (Å²) in [5.41, 5.74) is 2.82. The first-order chi connectivity index (χ1) is 14.7. The Morgan fingerprint density at radius 2 is 1.63 bits per heavy atom. The number of fused-ring (bicyclic) bond motifs is 1. The van der Waals surface area contributed by atoms with Crippen molar-refractivity contribution in [2.45, 2.75) is 6.10 Å². The third-order valence-electron chi connectivity index (χ3n) is 4.94. The molecule has 1 atom stereocenters. The molecule has 1 aliphatic heterocycles. The van der Waals surface area contributed by atoms with Crippen LogP contribution >= 0.6 is 0 Å². The van der Waals surface area contributed by atoms with E-state index in [-0.39, 0.29) is 25.0 Å². The Morgan fingerprint density at radius 3 is 2.37 bits per heavy atom. The molecular weight excluding hydrogens is 380 g/mol. The number of carbonyl (C=O) groups is 2. The maximum Gasteiger partial charge on any atom is 0.265 e. The van der Waals surface area contributed by atoms with E-state index in [1.165, 1.54) is 4.90 Å². The van der Waals surface area contributed by atoms with Crippen molar-refractivity contribution in [3.05, 3.63) is 78.9 Å². The second-order valence-electron chi connectivity index (χ2n) is 6.87. The minimum absolute atomic E-state index is 0.131. The van der Waals surface area contributed by atoms with Crippen LogP contribution in [0.25, 0.3) is 11.1 Å². The number of ether oxygens (including phenoxy) is 2. The molecule has 6 nitrogen and oxygen atoms in total. The lowest BCUT2D eigenvalue weighted by Crippen LogP contribution is -2.51. The number of likely N-dealkylation sites (N-methyl/N-ethyl adjacent to an activating group) is 1. The summed E-state index contributed by atoms with van der Waals surface area (Å²) in [6, 6.07) is 24.8. The number of carbonyl (C=O) groups excluding carboxylic acids is 2. The molecule has 1 heterocycles. The number of amides is 2. The first-order valence-corrected chi connectivity index (χ1v) is 9.71. The van der Waals surface area contributed by atoms with Gasteiger partial charge in [0.25, 0.3) is 11.8 Å². The molecule has 0 saturated carbocycles. The minimum Gasteiger partial charge on any atom is -0.484 e. The van der Waals surface area contributed by atoms with E-state index in [0.717, 1.165) is 11.1 Å². The predicted molar refractivity (Wildman–Crippen MR) is 115 cm³/mol. The van der Waals surface area contributed by atoms with Crippen molar-refractivity contribution < 1.29 is 19.1 Å². The number of hydrogen-bond acceptors (Lipinski definition) is 4. The normalized spacial score (nSPS) is 15.0. The van der Waals surface area contributed by atoms with Gasteiger partial charge in [-0.25, -0.2) is 0 Å². The number of benzene rings is 3. The molecule has 3 aromatic rings. The molecule has 3 aromatic carbocycles. The van der Waals surface area contributed by atoms with E-state index in [2.05, 4.69) is 5.32 Å². The van der Waals surface area contributed by atoms with Gasteiger partial charge in [0.2, 0.25) is 0 Å². The minimum atomic E-state index is -0.765. The molecule has 152 valence electrons. The van der Waals surface area contributed by atoms with Crippen LogP contribution < -0.4 is 19.7 Å². The molecule has 0 spiro atoms. The van der Waals surface area contributed by atoms with Crippen molar-refractivity contribution >= 4 is 17.5 Å². The summed E-state index contributed by atoms with van der Waals surface area (Å²) in [5, 5.41) is 2.57. The van der Waals surface area contributed by atoms with Crippen LogP contribution in [0.4, 0.5) is 5.69 Å². The van der Waals surface area contributed by atoms with Gasteiger partial charge in [-0.15, -0.1) is 0 Å². The topological polar surface area (TPSA) is 67.9 Å². The molecular formula is C24H22N2O4. The van der Waals surface area contributed by atoms with Crippen LogP contribution in [0.5, 0.6) is 11.5 Å². The van der Waals surface area contributed by atoms with Crippen molar-refractivity contribution in [2.24, 2.45) is 0 Å². The van der Waals surface area contributed by atoms with E-state index < -0.39 is 6.10 Å². The first kappa shape index (κ1) is 19.5. The average molecular weight is 402 g/mol. The Morgan fingerprint density at radius 1 is 0.967 bits per heavy atom. The van der Waals surface area contributed by atoms with Crippen LogP contribution in [0.3, 0.4) is 0 Å². The second-order valence-corrected chi connectivity index (χ2v) is 6.87. The van der Waals surface area contributed by atoms with Gasteiger partial charge in [-0.2, -0.15) is 0 Å². The lowest BCUT2D eigenvalue weighted by Gasteiger charge is -2.33. The van der Waals surface area contributed by atoms with Gasteiger partial charge < -0.3 is 19.7 Å². The van der Waals surface area contributed by atoms with E-state index >= 15 is 0 Å². The summed E-state index contributed by atoms with van der Waals surface area (Å²) in [4.78, 5) is 26.5. The van der Waals surface area contributed by atoms with E-state index in [1.54, 1.807) is 25.2 Å². The van der Waals surface area contributed by atoms with Gasteiger partial charge in [-0.3, -0.25) is 9.59 Å². The van der Waals surface area contributed by atoms with Crippen LogP contribution in [0.15, 0.2) is 78.9 Å². The maximum absolute atomic E-state index is 12.9. The number of nitrogens with zero attached hydrogens (tertiary/aromatic N) is 1. The highest BCUT2D eigenvalue weighted by Crippen LogP contribution is 2.33. The quantitative estimate of drug-likeness (QED) is 0.711. The molecule has 0 radical (unpaired) electrons. The molecule has 0 saturated heterocycles. The summed E-state index contributed by atoms with van der Waals surface area (Å²) in [5.74, 6) is 0.580. The Kier molecular flexibility index (Phi) is 5.66. The third-order valence-corrected chi connectivity index (χ3v) is 4.94. The largest absolute Gasteiger partial charge is 0.484 e. The van der Waals surface area contributed by atoms with Gasteiger partial charge in [0, 0.05) is 7.05 Å². The zero-order valence-corrected chi connectivity index (χ0v) is 16.6. The lowest BCUT2D eigenvalue weighted by atomic mass is 10.1. The standard InChI is InChI=1S/C24H22N2O4/c1-25-24(28)22-15-26(20-9-5-6-10-21(20)30-22)23(27)16-29-19-13-11-18(12-14-19)17-7-3-2-4-8-17/h2-14,22H,15-16H2,1H3,(H,25,28)/t22-/m0/s1. The number of anilines is 1. The fourth-order valence-corrected chi connectivity index (χ4v) is 3.37. The number of nitrogens with one attached hydrogen (secondary N) is 1. The van der Waals surface area contributed by atoms with Gasteiger partial charge in [-0.1, -0.05) is 54.6 Å². The monoisotopic (exact) mass is 402 g/mol. The first-order valence-electron chi connectivity index (χ1n) is 9.71. The predicted octanol–water partition coefficient (Wildman–Crippen LogP) is 3.27. The maximum atomic E-state index is 12.9. The van der Waals surface area contributed by atoms with E-state index in [1.807, 2.05) is 60.7 Å². The zero-order valence-electron chi connectivity index (χ0n) is 16.6. The third kappa shape index (κ3) is 4.12. The van der Waals surface area contributed by atoms with Crippen molar-refractivity contribution in [3.63, 3.8) is 0 Å². The number of rotatable bonds is 5. The molecule has 0 unspecified atom stereocenters. The summed E-state index contributed by atoms with van der Waals surface area (Å²) >= 11 is 0.